The molecule has 0 aromatic heterocycles. The van der Waals surface area contributed by atoms with Crippen LogP contribution in [0.5, 0.6) is 0 Å². The monoisotopic (exact) mass is 250 g/mol. The Labute approximate surface area is 109 Å². The van der Waals surface area contributed by atoms with Crippen LogP contribution in [-0.2, 0) is 4.74 Å². The zero-order valence-corrected chi connectivity index (χ0v) is 11.5. The minimum atomic E-state index is -0.0617. The maximum atomic E-state index is 12.0. The average Bonchev–Trinajstić information content (AvgIpc) is 2.38. The van der Waals surface area contributed by atoms with Crippen molar-refractivity contribution in [2.45, 2.75) is 19.9 Å². The highest BCUT2D eigenvalue weighted by atomic mass is 16.5. The van der Waals surface area contributed by atoms with Crippen LogP contribution in [0.3, 0.4) is 0 Å². The molecule has 18 heavy (non-hydrogen) atoms. The molecule has 0 radical (unpaired) electrons. The lowest BCUT2D eigenvalue weighted by Gasteiger charge is -2.21. The van der Waals surface area contributed by atoms with E-state index in [2.05, 4.69) is 24.5 Å². The van der Waals surface area contributed by atoms with Crippen LogP contribution in [0.15, 0.2) is 24.3 Å². The molecule has 1 atom stereocenters. The molecule has 1 amide bonds. The predicted molar refractivity (Wildman–Crippen MR) is 74.0 cm³/mol. The van der Waals surface area contributed by atoms with E-state index >= 15 is 0 Å². The van der Waals surface area contributed by atoms with Gasteiger partial charge in [0.15, 0.2) is 0 Å². The summed E-state index contributed by atoms with van der Waals surface area (Å²) in [5.41, 5.74) is 1.65. The maximum Gasteiger partial charge on any atom is 0.251 e. The Balaban J connectivity index is 2.67. The van der Waals surface area contributed by atoms with Gasteiger partial charge in [-0.3, -0.25) is 4.79 Å². The van der Waals surface area contributed by atoms with Gasteiger partial charge in [-0.15, -0.1) is 0 Å². The summed E-state index contributed by atoms with van der Waals surface area (Å²) in [5, 5.41) is 6.01. The highest BCUT2D eigenvalue weighted by Crippen LogP contribution is 2.10. The molecule has 1 aromatic rings. The molecule has 1 unspecified atom stereocenters. The number of benzene rings is 1. The molecule has 0 heterocycles. The Morgan fingerprint density at radius 2 is 1.89 bits per heavy atom. The van der Waals surface area contributed by atoms with Crippen molar-refractivity contribution in [3.05, 3.63) is 29.8 Å². The molecule has 4 nitrogen and oxygen atoms in total. The fourth-order valence-electron chi connectivity index (χ4n) is 1.62. The number of nitrogens with one attached hydrogen (secondary N) is 2. The second-order valence-corrected chi connectivity index (χ2v) is 4.61. The van der Waals surface area contributed by atoms with E-state index in [-0.39, 0.29) is 11.9 Å². The van der Waals surface area contributed by atoms with Crippen molar-refractivity contribution in [1.82, 2.24) is 5.32 Å². The lowest BCUT2D eigenvalue weighted by Crippen LogP contribution is -2.41. The zero-order chi connectivity index (χ0) is 13.5. The van der Waals surface area contributed by atoms with Crippen LogP contribution in [0.2, 0.25) is 0 Å². The highest BCUT2D eigenvalue weighted by Gasteiger charge is 2.16. The smallest absolute Gasteiger partial charge is 0.251 e. The molecule has 0 fully saturated rings. The van der Waals surface area contributed by atoms with Gasteiger partial charge in [-0.05, 0) is 30.2 Å². The molecule has 2 N–H and O–H groups in total. The average molecular weight is 250 g/mol. The van der Waals surface area contributed by atoms with Crippen molar-refractivity contribution in [2.75, 3.05) is 26.1 Å². The first-order valence-electron chi connectivity index (χ1n) is 6.16. The first-order valence-corrected chi connectivity index (χ1v) is 6.16. The number of hydrogen-bond donors (Lipinski definition) is 2. The number of ether oxygens (including phenoxy) is 1. The third-order valence-corrected chi connectivity index (χ3v) is 2.90. The van der Waals surface area contributed by atoms with Crippen molar-refractivity contribution in [1.29, 1.82) is 0 Å². The lowest BCUT2D eigenvalue weighted by atomic mass is 10.0. The fourth-order valence-corrected chi connectivity index (χ4v) is 1.62. The molecule has 1 aromatic carbocycles. The van der Waals surface area contributed by atoms with Gasteiger partial charge in [-0.25, -0.2) is 0 Å². The van der Waals surface area contributed by atoms with Gasteiger partial charge in [0.25, 0.3) is 5.91 Å². The second-order valence-electron chi connectivity index (χ2n) is 4.61. The number of hydrogen-bond acceptors (Lipinski definition) is 3. The third kappa shape index (κ3) is 4.04. The van der Waals surface area contributed by atoms with Crippen molar-refractivity contribution >= 4 is 11.6 Å². The molecule has 0 saturated heterocycles. The van der Waals surface area contributed by atoms with E-state index in [4.69, 9.17) is 4.74 Å². The fraction of sp³-hybridized carbons (Fsp3) is 0.500. The topological polar surface area (TPSA) is 50.4 Å². The van der Waals surface area contributed by atoms with Crippen molar-refractivity contribution < 1.29 is 9.53 Å². The van der Waals surface area contributed by atoms with Crippen LogP contribution in [0, 0.1) is 5.92 Å². The van der Waals surface area contributed by atoms with Gasteiger partial charge in [0, 0.05) is 25.4 Å². The van der Waals surface area contributed by atoms with Gasteiger partial charge < -0.3 is 15.4 Å². The molecule has 0 saturated carbocycles. The normalized spacial score (nSPS) is 12.3. The summed E-state index contributed by atoms with van der Waals surface area (Å²) in [5.74, 6) is 0.277. The Morgan fingerprint density at radius 1 is 1.28 bits per heavy atom. The summed E-state index contributed by atoms with van der Waals surface area (Å²) < 4.78 is 5.11. The van der Waals surface area contributed by atoms with Crippen LogP contribution in [0.4, 0.5) is 5.69 Å². The molecule has 4 heteroatoms. The molecule has 0 aliphatic heterocycles. The maximum absolute atomic E-state index is 12.0. The zero-order valence-electron chi connectivity index (χ0n) is 11.5. The quantitative estimate of drug-likeness (QED) is 0.813. The summed E-state index contributed by atoms with van der Waals surface area (Å²) in [7, 11) is 3.49. The lowest BCUT2D eigenvalue weighted by molar-refractivity contribution is 0.0866. The molecule has 0 bridgehead atoms. The molecular weight excluding hydrogens is 228 g/mol. The van der Waals surface area contributed by atoms with E-state index in [0.717, 1.165) is 5.69 Å². The Morgan fingerprint density at radius 3 is 2.33 bits per heavy atom. The number of amides is 1. The van der Waals surface area contributed by atoms with E-state index in [0.29, 0.717) is 18.1 Å². The number of carbonyl (C=O) groups is 1. The summed E-state index contributed by atoms with van der Waals surface area (Å²) in [4.78, 5) is 12.0. The van der Waals surface area contributed by atoms with Crippen molar-refractivity contribution in [3.8, 4) is 0 Å². The summed E-state index contributed by atoms with van der Waals surface area (Å²) in [6, 6.07) is 7.42. The molecule has 0 spiro atoms. The third-order valence-electron chi connectivity index (χ3n) is 2.90. The standard InChI is InChI=1S/C14H22N2O2/c1-10(2)13(9-18-4)16-14(17)11-5-7-12(15-3)8-6-11/h5-8,10,13,15H,9H2,1-4H3,(H,16,17). The second kappa shape index (κ2) is 7.01. The van der Waals surface area contributed by atoms with Crippen molar-refractivity contribution in [3.63, 3.8) is 0 Å². The first kappa shape index (κ1) is 14.5. The van der Waals surface area contributed by atoms with Gasteiger partial charge in [-0.2, -0.15) is 0 Å². The summed E-state index contributed by atoms with van der Waals surface area (Å²) in [6.07, 6.45) is 0. The molecular formula is C14H22N2O2. The SMILES string of the molecule is CNc1ccc(C(=O)NC(COC)C(C)C)cc1. The van der Waals surface area contributed by atoms with Gasteiger partial charge in [0.2, 0.25) is 0 Å². The number of carbonyl (C=O) groups excluding carboxylic acids is 1. The Hall–Kier alpha value is -1.55. The molecule has 0 aliphatic carbocycles. The van der Waals surface area contributed by atoms with Crippen LogP contribution in [0.1, 0.15) is 24.2 Å². The van der Waals surface area contributed by atoms with Gasteiger partial charge in [-0.1, -0.05) is 13.8 Å². The van der Waals surface area contributed by atoms with Gasteiger partial charge in [0.05, 0.1) is 12.6 Å². The molecule has 1 rings (SSSR count). The van der Waals surface area contributed by atoms with E-state index in [1.165, 1.54) is 0 Å². The van der Waals surface area contributed by atoms with Gasteiger partial charge >= 0.3 is 0 Å². The van der Waals surface area contributed by atoms with E-state index < -0.39 is 0 Å². The van der Waals surface area contributed by atoms with E-state index in [9.17, 15) is 4.79 Å². The largest absolute Gasteiger partial charge is 0.388 e. The minimum absolute atomic E-state index is 0.0338. The van der Waals surface area contributed by atoms with Crippen LogP contribution in [-0.4, -0.2) is 32.7 Å². The van der Waals surface area contributed by atoms with Crippen molar-refractivity contribution in [2.24, 2.45) is 5.92 Å². The van der Waals surface area contributed by atoms with E-state index in [1.54, 1.807) is 7.11 Å². The summed E-state index contributed by atoms with van der Waals surface area (Å²) >= 11 is 0. The number of anilines is 1. The summed E-state index contributed by atoms with van der Waals surface area (Å²) in [6.45, 7) is 4.65. The molecule has 0 aliphatic rings. The molecule has 100 valence electrons. The van der Waals surface area contributed by atoms with Crippen LogP contribution >= 0.6 is 0 Å². The number of rotatable bonds is 6. The first-order chi connectivity index (χ1) is 8.58. The van der Waals surface area contributed by atoms with Crippen LogP contribution in [0.25, 0.3) is 0 Å². The Bertz CT molecular complexity index is 374. The number of methoxy groups -OCH3 is 1. The van der Waals surface area contributed by atoms with E-state index in [1.807, 2.05) is 31.3 Å². The Kier molecular flexibility index (Phi) is 5.65. The predicted octanol–water partition coefficient (Wildman–Crippen LogP) is 2.13. The van der Waals surface area contributed by atoms with Crippen LogP contribution < -0.4 is 10.6 Å². The highest BCUT2D eigenvalue weighted by molar-refractivity contribution is 5.94. The van der Waals surface area contributed by atoms with Gasteiger partial charge in [0.1, 0.15) is 0 Å². The minimum Gasteiger partial charge on any atom is -0.388 e.